The highest BCUT2D eigenvalue weighted by atomic mass is 35.5. The van der Waals surface area contributed by atoms with Crippen LogP contribution in [0.15, 0.2) is 24.3 Å². The van der Waals surface area contributed by atoms with E-state index in [-0.39, 0.29) is 24.8 Å². The molecular weight excluding hydrogens is 230 g/mol. The van der Waals surface area contributed by atoms with Gasteiger partial charge in [-0.1, -0.05) is 23.7 Å². The van der Waals surface area contributed by atoms with Crippen molar-refractivity contribution in [3.05, 3.63) is 29.3 Å². The number of para-hydroxylation sites is 1. The first-order chi connectivity index (χ1) is 5.34. The second-order valence-corrected chi connectivity index (χ2v) is 2.60. The van der Waals surface area contributed by atoms with Crippen LogP contribution < -0.4 is 11.1 Å². The Kier molecular flexibility index (Phi) is 9.96. The van der Waals surface area contributed by atoms with Crippen LogP contribution in [0.2, 0.25) is 5.02 Å². The van der Waals surface area contributed by atoms with Crippen LogP contribution in [-0.4, -0.2) is 13.1 Å². The van der Waals surface area contributed by atoms with Crippen molar-refractivity contribution < 1.29 is 0 Å². The largest absolute Gasteiger partial charge is 0.383 e. The number of nitrogens with one attached hydrogen (secondary N) is 1. The summed E-state index contributed by atoms with van der Waals surface area (Å²) in [6.07, 6.45) is 0. The normalized spacial score (nSPS) is 8.15. The van der Waals surface area contributed by atoms with Gasteiger partial charge in [-0.2, -0.15) is 0 Å². The molecule has 0 radical (unpaired) electrons. The molecule has 0 unspecified atom stereocenters. The topological polar surface area (TPSA) is 38.0 Å². The predicted molar refractivity (Wildman–Crippen MR) is 63.5 cm³/mol. The van der Waals surface area contributed by atoms with Crippen molar-refractivity contribution in [1.82, 2.24) is 0 Å². The Morgan fingerprint density at radius 3 is 2.38 bits per heavy atom. The third-order valence-electron chi connectivity index (χ3n) is 1.33. The predicted octanol–water partition coefficient (Wildman–Crippen LogP) is 2.55. The van der Waals surface area contributed by atoms with Crippen LogP contribution in [0.25, 0.3) is 0 Å². The highest BCUT2D eigenvalue weighted by Gasteiger charge is 1.94. The summed E-state index contributed by atoms with van der Waals surface area (Å²) in [5.41, 5.74) is 6.26. The lowest BCUT2D eigenvalue weighted by Gasteiger charge is -2.05. The second kappa shape index (κ2) is 8.45. The first-order valence-corrected chi connectivity index (χ1v) is 3.91. The number of rotatable bonds is 3. The maximum absolute atomic E-state index is 5.86. The molecule has 0 aliphatic heterocycles. The first kappa shape index (κ1) is 15.3. The second-order valence-electron chi connectivity index (χ2n) is 2.20. The molecule has 0 heterocycles. The number of hydrogen-bond donors (Lipinski definition) is 2. The average Bonchev–Trinajstić information content (AvgIpc) is 2.03. The molecule has 0 atom stereocenters. The van der Waals surface area contributed by atoms with Crippen LogP contribution in [0.5, 0.6) is 0 Å². The number of benzene rings is 1. The van der Waals surface area contributed by atoms with Crippen molar-refractivity contribution in [1.29, 1.82) is 0 Å². The lowest BCUT2D eigenvalue weighted by atomic mass is 10.3. The molecule has 1 aromatic rings. The van der Waals surface area contributed by atoms with Crippen LogP contribution in [0, 0.1) is 0 Å². The number of hydrogen-bond acceptors (Lipinski definition) is 2. The van der Waals surface area contributed by atoms with E-state index in [1.54, 1.807) is 0 Å². The van der Waals surface area contributed by atoms with Gasteiger partial charge in [0, 0.05) is 13.1 Å². The van der Waals surface area contributed by atoms with E-state index < -0.39 is 0 Å². The SMILES string of the molecule is Cl.Cl.NCCNc1ccccc1Cl. The summed E-state index contributed by atoms with van der Waals surface area (Å²) in [5, 5.41) is 3.84. The van der Waals surface area contributed by atoms with Gasteiger partial charge in [0.25, 0.3) is 0 Å². The van der Waals surface area contributed by atoms with Gasteiger partial charge in [0.1, 0.15) is 0 Å². The molecule has 1 aromatic carbocycles. The Morgan fingerprint density at radius 2 is 1.85 bits per heavy atom. The number of anilines is 1. The molecule has 0 aliphatic carbocycles. The van der Waals surface area contributed by atoms with Crippen LogP contribution in [0.1, 0.15) is 0 Å². The first-order valence-electron chi connectivity index (χ1n) is 3.53. The van der Waals surface area contributed by atoms with Gasteiger partial charge in [-0.15, -0.1) is 24.8 Å². The van der Waals surface area contributed by atoms with Crippen molar-refractivity contribution in [2.75, 3.05) is 18.4 Å². The molecule has 76 valence electrons. The molecule has 0 amide bonds. The lowest BCUT2D eigenvalue weighted by molar-refractivity contribution is 1.02. The maximum atomic E-state index is 5.86. The molecule has 0 spiro atoms. The zero-order valence-corrected chi connectivity index (χ0v) is 9.38. The van der Waals surface area contributed by atoms with E-state index in [2.05, 4.69) is 5.32 Å². The van der Waals surface area contributed by atoms with E-state index in [4.69, 9.17) is 17.3 Å². The van der Waals surface area contributed by atoms with E-state index in [1.165, 1.54) is 0 Å². The fraction of sp³-hybridized carbons (Fsp3) is 0.250. The number of nitrogens with two attached hydrogens (primary N) is 1. The summed E-state index contributed by atoms with van der Waals surface area (Å²) in [6.45, 7) is 1.37. The van der Waals surface area contributed by atoms with Gasteiger partial charge in [-0.3, -0.25) is 0 Å². The molecule has 0 saturated carbocycles. The van der Waals surface area contributed by atoms with E-state index in [9.17, 15) is 0 Å². The number of halogens is 3. The Morgan fingerprint density at radius 1 is 1.23 bits per heavy atom. The molecular formula is C8H13Cl3N2. The standard InChI is InChI=1S/C8H11ClN2.2ClH/c9-7-3-1-2-4-8(7)11-6-5-10;;/h1-4,11H,5-6,10H2;2*1H. The molecule has 0 bridgehead atoms. The van der Waals surface area contributed by atoms with Crippen molar-refractivity contribution in [3.63, 3.8) is 0 Å². The van der Waals surface area contributed by atoms with Gasteiger partial charge in [-0.05, 0) is 12.1 Å². The molecule has 13 heavy (non-hydrogen) atoms. The maximum Gasteiger partial charge on any atom is 0.0637 e. The van der Waals surface area contributed by atoms with E-state index in [1.807, 2.05) is 24.3 Å². The molecule has 1 rings (SSSR count). The van der Waals surface area contributed by atoms with Gasteiger partial charge in [0.2, 0.25) is 0 Å². The Hall–Kier alpha value is -0.150. The van der Waals surface area contributed by atoms with Crippen molar-refractivity contribution in [3.8, 4) is 0 Å². The zero-order valence-electron chi connectivity index (χ0n) is 7.00. The van der Waals surface area contributed by atoms with Gasteiger partial charge < -0.3 is 11.1 Å². The van der Waals surface area contributed by atoms with Gasteiger partial charge in [0.15, 0.2) is 0 Å². The summed E-state index contributed by atoms with van der Waals surface area (Å²) in [7, 11) is 0. The highest BCUT2D eigenvalue weighted by Crippen LogP contribution is 2.19. The molecule has 0 saturated heterocycles. The fourth-order valence-electron chi connectivity index (χ4n) is 0.811. The van der Waals surface area contributed by atoms with E-state index in [0.29, 0.717) is 6.54 Å². The van der Waals surface area contributed by atoms with Crippen LogP contribution >= 0.6 is 36.4 Å². The van der Waals surface area contributed by atoms with Crippen molar-refractivity contribution in [2.24, 2.45) is 5.73 Å². The third kappa shape index (κ3) is 5.21. The molecule has 5 heteroatoms. The van der Waals surface area contributed by atoms with Gasteiger partial charge in [-0.25, -0.2) is 0 Å². The Labute approximate surface area is 95.7 Å². The smallest absolute Gasteiger partial charge is 0.0637 e. The summed E-state index contributed by atoms with van der Waals surface area (Å²) in [6, 6.07) is 7.61. The zero-order chi connectivity index (χ0) is 8.10. The monoisotopic (exact) mass is 242 g/mol. The Bertz CT molecular complexity index is 230. The lowest BCUT2D eigenvalue weighted by Crippen LogP contribution is -2.13. The minimum atomic E-state index is 0. The molecule has 0 fully saturated rings. The molecule has 2 nitrogen and oxygen atoms in total. The van der Waals surface area contributed by atoms with E-state index in [0.717, 1.165) is 17.3 Å². The van der Waals surface area contributed by atoms with Crippen LogP contribution in [0.4, 0.5) is 5.69 Å². The van der Waals surface area contributed by atoms with Gasteiger partial charge >= 0.3 is 0 Å². The summed E-state index contributed by atoms with van der Waals surface area (Å²) < 4.78 is 0. The van der Waals surface area contributed by atoms with Gasteiger partial charge in [0.05, 0.1) is 10.7 Å². The highest BCUT2D eigenvalue weighted by molar-refractivity contribution is 6.33. The average molecular weight is 244 g/mol. The quantitative estimate of drug-likeness (QED) is 0.856. The third-order valence-corrected chi connectivity index (χ3v) is 1.66. The van der Waals surface area contributed by atoms with Crippen LogP contribution in [0.3, 0.4) is 0 Å². The minimum absolute atomic E-state index is 0. The van der Waals surface area contributed by atoms with E-state index >= 15 is 0 Å². The Balaban J connectivity index is 0. The molecule has 0 aromatic heterocycles. The van der Waals surface area contributed by atoms with Crippen LogP contribution in [-0.2, 0) is 0 Å². The van der Waals surface area contributed by atoms with Crippen molar-refractivity contribution >= 4 is 42.1 Å². The fourth-order valence-corrected chi connectivity index (χ4v) is 1.01. The molecule has 3 N–H and O–H groups in total. The summed E-state index contributed by atoms with van der Waals surface area (Å²) in [4.78, 5) is 0. The summed E-state index contributed by atoms with van der Waals surface area (Å²) >= 11 is 5.86. The summed E-state index contributed by atoms with van der Waals surface area (Å²) in [5.74, 6) is 0. The van der Waals surface area contributed by atoms with Crippen molar-refractivity contribution in [2.45, 2.75) is 0 Å². The minimum Gasteiger partial charge on any atom is -0.383 e. The molecule has 0 aliphatic rings.